The summed E-state index contributed by atoms with van der Waals surface area (Å²) >= 11 is 1.15. The second-order valence-electron chi connectivity index (χ2n) is 5.92. The van der Waals surface area contributed by atoms with Crippen molar-refractivity contribution < 1.29 is 22.9 Å². The van der Waals surface area contributed by atoms with E-state index in [0.717, 1.165) is 17.6 Å². The Labute approximate surface area is 164 Å². The number of nitro groups is 1. The number of hydrogen-bond acceptors (Lipinski definition) is 8. The molecule has 11 heteroatoms. The number of benzene rings is 2. The molecule has 0 radical (unpaired) electrons. The van der Waals surface area contributed by atoms with Gasteiger partial charge >= 0.3 is 0 Å². The Morgan fingerprint density at radius 2 is 1.93 bits per heavy atom. The number of carbonyl (C=O) groups is 1. The molecule has 2 aromatic carbocycles. The van der Waals surface area contributed by atoms with E-state index < -0.39 is 26.8 Å². The SMILES string of the molecule is C[C@@H](Oc1ccc([N+](=O)[O-])cc1)C(=O)Nc1nc2ccc(S(C)(=O)=O)cc2s1. The third kappa shape index (κ3) is 4.43. The molecule has 1 atom stereocenters. The van der Waals surface area contributed by atoms with Gasteiger partial charge in [0.25, 0.3) is 11.6 Å². The predicted molar refractivity (Wildman–Crippen MR) is 105 cm³/mol. The Morgan fingerprint density at radius 3 is 2.54 bits per heavy atom. The van der Waals surface area contributed by atoms with E-state index in [2.05, 4.69) is 10.3 Å². The molecule has 0 saturated heterocycles. The molecule has 1 aromatic heterocycles. The Hall–Kier alpha value is -3.05. The Morgan fingerprint density at radius 1 is 1.25 bits per heavy atom. The van der Waals surface area contributed by atoms with Crippen LogP contribution in [0.4, 0.5) is 10.8 Å². The quantitative estimate of drug-likeness (QED) is 0.478. The summed E-state index contributed by atoms with van der Waals surface area (Å²) in [5.74, 6) is -0.143. The van der Waals surface area contributed by atoms with Crippen LogP contribution in [0.2, 0.25) is 0 Å². The van der Waals surface area contributed by atoms with E-state index >= 15 is 0 Å². The molecule has 0 aliphatic carbocycles. The fourth-order valence-corrected chi connectivity index (χ4v) is 3.93. The lowest BCUT2D eigenvalue weighted by Crippen LogP contribution is -2.30. The van der Waals surface area contributed by atoms with E-state index in [1.807, 2.05) is 0 Å². The molecule has 1 amide bonds. The first-order valence-corrected chi connectivity index (χ1v) is 10.7. The van der Waals surface area contributed by atoms with Crippen molar-refractivity contribution in [3.63, 3.8) is 0 Å². The number of sulfone groups is 1. The summed E-state index contributed by atoms with van der Waals surface area (Å²) in [6.07, 6.45) is 0.245. The molecule has 3 rings (SSSR count). The maximum absolute atomic E-state index is 12.3. The summed E-state index contributed by atoms with van der Waals surface area (Å²) in [6, 6.07) is 9.94. The van der Waals surface area contributed by atoms with Gasteiger partial charge in [0, 0.05) is 18.4 Å². The molecular formula is C17H15N3O6S2. The standard InChI is InChI=1S/C17H15N3O6S2/c1-10(26-12-5-3-11(4-6-12)20(22)23)16(21)19-17-18-14-8-7-13(28(2,24)25)9-15(14)27-17/h3-10H,1-2H3,(H,18,19,21)/t10-/m1/s1. The topological polar surface area (TPSA) is 128 Å². The number of nitrogens with one attached hydrogen (secondary N) is 1. The molecule has 0 aliphatic rings. The maximum atomic E-state index is 12.3. The minimum Gasteiger partial charge on any atom is -0.481 e. The average molecular weight is 421 g/mol. The summed E-state index contributed by atoms with van der Waals surface area (Å²) in [4.78, 5) is 26.9. The van der Waals surface area contributed by atoms with Crippen molar-refractivity contribution in [1.29, 1.82) is 0 Å². The van der Waals surface area contributed by atoms with E-state index in [1.165, 1.54) is 43.3 Å². The van der Waals surface area contributed by atoms with Gasteiger partial charge in [-0.3, -0.25) is 20.2 Å². The summed E-state index contributed by atoms with van der Waals surface area (Å²) in [6.45, 7) is 1.53. The normalized spacial score (nSPS) is 12.5. The third-order valence-electron chi connectivity index (χ3n) is 3.75. The van der Waals surface area contributed by atoms with Crippen molar-refractivity contribution >= 4 is 48.1 Å². The molecule has 0 spiro atoms. The van der Waals surface area contributed by atoms with Crippen molar-refractivity contribution in [3.05, 3.63) is 52.6 Å². The van der Waals surface area contributed by atoms with Crippen molar-refractivity contribution in [3.8, 4) is 5.75 Å². The average Bonchev–Trinajstić information content (AvgIpc) is 3.02. The van der Waals surface area contributed by atoms with Gasteiger partial charge in [-0.1, -0.05) is 11.3 Å². The molecule has 1 heterocycles. The number of fused-ring (bicyclic) bond motifs is 1. The van der Waals surface area contributed by atoms with Crippen LogP contribution in [-0.2, 0) is 14.6 Å². The zero-order valence-corrected chi connectivity index (χ0v) is 16.4. The zero-order valence-electron chi connectivity index (χ0n) is 14.8. The van der Waals surface area contributed by atoms with Gasteiger partial charge in [0.15, 0.2) is 21.1 Å². The molecule has 0 bridgehead atoms. The van der Waals surface area contributed by atoms with Gasteiger partial charge in [0.05, 0.1) is 20.0 Å². The molecule has 0 aliphatic heterocycles. The first kappa shape index (κ1) is 19.7. The van der Waals surface area contributed by atoms with Gasteiger partial charge in [-0.2, -0.15) is 0 Å². The molecule has 0 fully saturated rings. The fraction of sp³-hybridized carbons (Fsp3) is 0.176. The molecule has 1 N–H and O–H groups in total. The molecule has 3 aromatic rings. The smallest absolute Gasteiger partial charge is 0.269 e. The van der Waals surface area contributed by atoms with Crippen LogP contribution in [0.1, 0.15) is 6.92 Å². The summed E-state index contributed by atoms with van der Waals surface area (Å²) in [5, 5.41) is 13.6. The van der Waals surface area contributed by atoms with E-state index in [4.69, 9.17) is 4.74 Å². The lowest BCUT2D eigenvalue weighted by molar-refractivity contribution is -0.384. The van der Waals surface area contributed by atoms with Crippen LogP contribution in [0.25, 0.3) is 10.2 Å². The molecule has 0 unspecified atom stereocenters. The second kappa shape index (κ2) is 7.52. The number of ether oxygens (including phenoxy) is 1. The van der Waals surface area contributed by atoms with E-state index in [-0.39, 0.29) is 10.6 Å². The number of aromatic nitrogens is 1. The Kier molecular flexibility index (Phi) is 5.29. The number of anilines is 1. The molecule has 9 nitrogen and oxygen atoms in total. The predicted octanol–water partition coefficient (Wildman–Crippen LogP) is 3.01. The minimum atomic E-state index is -3.34. The van der Waals surface area contributed by atoms with Crippen LogP contribution in [0.3, 0.4) is 0 Å². The monoisotopic (exact) mass is 421 g/mol. The number of hydrogen-bond donors (Lipinski definition) is 1. The third-order valence-corrected chi connectivity index (χ3v) is 5.79. The first-order chi connectivity index (χ1) is 13.1. The number of rotatable bonds is 6. The minimum absolute atomic E-state index is 0.0765. The number of amides is 1. The van der Waals surface area contributed by atoms with Crippen LogP contribution in [0.5, 0.6) is 5.75 Å². The molecule has 146 valence electrons. The zero-order chi connectivity index (χ0) is 20.5. The van der Waals surface area contributed by atoms with Crippen molar-refractivity contribution in [1.82, 2.24) is 4.98 Å². The highest BCUT2D eigenvalue weighted by molar-refractivity contribution is 7.90. The molecule has 0 saturated carbocycles. The summed E-state index contributed by atoms with van der Waals surface area (Å²) in [7, 11) is -3.34. The lowest BCUT2D eigenvalue weighted by atomic mass is 10.3. The van der Waals surface area contributed by atoms with E-state index in [9.17, 15) is 23.3 Å². The van der Waals surface area contributed by atoms with Crippen molar-refractivity contribution in [2.24, 2.45) is 0 Å². The highest BCUT2D eigenvalue weighted by atomic mass is 32.2. The maximum Gasteiger partial charge on any atom is 0.269 e. The molecule has 28 heavy (non-hydrogen) atoms. The summed E-state index contributed by atoms with van der Waals surface area (Å²) < 4.78 is 29.4. The molecular weight excluding hydrogens is 406 g/mol. The van der Waals surface area contributed by atoms with Crippen LogP contribution in [0, 0.1) is 10.1 Å². The van der Waals surface area contributed by atoms with Crippen molar-refractivity contribution in [2.75, 3.05) is 11.6 Å². The van der Waals surface area contributed by atoms with Gasteiger partial charge in [0.1, 0.15) is 5.75 Å². The fourth-order valence-electron chi connectivity index (χ4n) is 2.30. The summed E-state index contributed by atoms with van der Waals surface area (Å²) in [5.41, 5.74) is 0.490. The van der Waals surface area contributed by atoms with Crippen molar-refractivity contribution in [2.45, 2.75) is 17.9 Å². The first-order valence-electron chi connectivity index (χ1n) is 7.96. The van der Waals surface area contributed by atoms with Gasteiger partial charge in [-0.15, -0.1) is 0 Å². The van der Waals surface area contributed by atoms with Gasteiger partial charge in [-0.05, 0) is 37.3 Å². The number of carbonyl (C=O) groups excluding carboxylic acids is 1. The highest BCUT2D eigenvalue weighted by Gasteiger charge is 2.18. The second-order valence-corrected chi connectivity index (χ2v) is 8.97. The Bertz CT molecular complexity index is 1160. The van der Waals surface area contributed by atoms with Gasteiger partial charge < -0.3 is 4.74 Å². The van der Waals surface area contributed by atoms with Gasteiger partial charge in [0.2, 0.25) is 0 Å². The highest BCUT2D eigenvalue weighted by Crippen LogP contribution is 2.28. The van der Waals surface area contributed by atoms with E-state index in [1.54, 1.807) is 6.07 Å². The van der Waals surface area contributed by atoms with E-state index in [0.29, 0.717) is 21.1 Å². The lowest BCUT2D eigenvalue weighted by Gasteiger charge is -2.13. The number of thiazole rings is 1. The van der Waals surface area contributed by atoms with Crippen LogP contribution >= 0.6 is 11.3 Å². The largest absolute Gasteiger partial charge is 0.481 e. The van der Waals surface area contributed by atoms with Crippen LogP contribution < -0.4 is 10.1 Å². The number of non-ortho nitro benzene ring substituents is 1. The number of nitro benzene ring substituents is 1. The van der Waals surface area contributed by atoms with Crippen LogP contribution in [-0.4, -0.2) is 36.6 Å². The number of nitrogens with zero attached hydrogens (tertiary/aromatic N) is 2. The van der Waals surface area contributed by atoms with Crippen LogP contribution in [0.15, 0.2) is 47.4 Å². The van der Waals surface area contributed by atoms with Gasteiger partial charge in [-0.25, -0.2) is 13.4 Å². The Balaban J connectivity index is 1.70.